The van der Waals surface area contributed by atoms with Crippen LogP contribution >= 0.6 is 0 Å². The first kappa shape index (κ1) is 13.2. The highest BCUT2D eigenvalue weighted by Crippen LogP contribution is 2.39. The van der Waals surface area contributed by atoms with Crippen LogP contribution in [0.2, 0.25) is 0 Å². The molecule has 1 rings (SSSR count). The van der Waals surface area contributed by atoms with E-state index in [-0.39, 0.29) is 0 Å². The number of aliphatic hydroxyl groups excluding tert-OH is 1. The summed E-state index contributed by atoms with van der Waals surface area (Å²) in [7, 11) is 0. The fraction of sp³-hybridized carbons (Fsp3) is 0.333. The van der Waals surface area contributed by atoms with E-state index in [2.05, 4.69) is 0 Å². The second kappa shape index (κ2) is 4.58. The van der Waals surface area contributed by atoms with Crippen LogP contribution in [0, 0.1) is 10.1 Å². The molecular formula is C9H9F3N2O3. The summed E-state index contributed by atoms with van der Waals surface area (Å²) >= 11 is 0. The van der Waals surface area contributed by atoms with Crippen molar-refractivity contribution in [3.05, 3.63) is 33.9 Å². The predicted octanol–water partition coefficient (Wildman–Crippen LogP) is 2.36. The van der Waals surface area contributed by atoms with E-state index < -0.39 is 34.3 Å². The fourth-order valence-electron chi connectivity index (χ4n) is 1.29. The van der Waals surface area contributed by atoms with Crippen LogP contribution in [0.15, 0.2) is 18.2 Å². The Balaban J connectivity index is 3.40. The molecule has 0 radical (unpaired) electrons. The van der Waals surface area contributed by atoms with Crippen molar-refractivity contribution >= 4 is 11.4 Å². The quantitative estimate of drug-likeness (QED) is 0.490. The number of nitro groups is 1. The predicted molar refractivity (Wildman–Crippen MR) is 53.4 cm³/mol. The number of rotatable bonds is 3. The summed E-state index contributed by atoms with van der Waals surface area (Å²) in [5, 5.41) is 21.6. The largest absolute Gasteiger partial charge is 0.418 e. The van der Waals surface area contributed by atoms with E-state index in [9.17, 15) is 23.3 Å². The molecule has 0 saturated carbocycles. The number of aliphatic hydroxyl groups is 1. The molecule has 0 aliphatic rings. The number of hydrogen-bond acceptors (Lipinski definition) is 4. The Labute approximate surface area is 94.0 Å². The van der Waals surface area contributed by atoms with Crippen LogP contribution in [0.1, 0.15) is 12.5 Å². The average molecular weight is 250 g/mol. The lowest BCUT2D eigenvalue weighted by molar-refractivity contribution is -0.384. The van der Waals surface area contributed by atoms with Gasteiger partial charge in [-0.25, -0.2) is 0 Å². The van der Waals surface area contributed by atoms with Gasteiger partial charge in [-0.05, 0) is 13.0 Å². The van der Waals surface area contributed by atoms with Gasteiger partial charge in [-0.2, -0.15) is 13.2 Å². The van der Waals surface area contributed by atoms with Crippen molar-refractivity contribution < 1.29 is 23.2 Å². The topological polar surface area (TPSA) is 75.4 Å². The maximum absolute atomic E-state index is 12.6. The van der Waals surface area contributed by atoms with Gasteiger partial charge in [0.15, 0.2) is 0 Å². The van der Waals surface area contributed by atoms with E-state index in [1.54, 1.807) is 0 Å². The molecule has 94 valence electrons. The van der Waals surface area contributed by atoms with E-state index in [1.807, 2.05) is 5.32 Å². The number of benzene rings is 1. The molecule has 0 fully saturated rings. The van der Waals surface area contributed by atoms with Gasteiger partial charge in [0.1, 0.15) is 11.9 Å². The molecule has 0 saturated heterocycles. The highest BCUT2D eigenvalue weighted by atomic mass is 19.4. The van der Waals surface area contributed by atoms with Crippen molar-refractivity contribution in [3.8, 4) is 0 Å². The average Bonchev–Trinajstić information content (AvgIpc) is 2.14. The Kier molecular flexibility index (Phi) is 3.56. The zero-order chi connectivity index (χ0) is 13.2. The summed E-state index contributed by atoms with van der Waals surface area (Å²) in [5.41, 5.74) is -2.66. The molecule has 0 amide bonds. The van der Waals surface area contributed by atoms with Gasteiger partial charge in [0.05, 0.1) is 10.5 Å². The second-order valence-electron chi connectivity index (χ2n) is 3.27. The first-order valence-corrected chi connectivity index (χ1v) is 4.52. The number of para-hydroxylation sites is 1. The number of nitrogens with zero attached hydrogens (tertiary/aromatic N) is 1. The molecule has 8 heteroatoms. The molecule has 0 spiro atoms. The second-order valence-corrected chi connectivity index (χ2v) is 3.27. The number of nitro benzene ring substituents is 1. The first-order valence-electron chi connectivity index (χ1n) is 4.52. The summed E-state index contributed by atoms with van der Waals surface area (Å²) < 4.78 is 37.8. The van der Waals surface area contributed by atoms with Gasteiger partial charge < -0.3 is 10.4 Å². The van der Waals surface area contributed by atoms with Gasteiger partial charge in [-0.15, -0.1) is 0 Å². The number of nitrogens with one attached hydrogen (secondary N) is 1. The molecule has 1 aromatic rings. The molecular weight excluding hydrogens is 241 g/mol. The van der Waals surface area contributed by atoms with Crippen LogP contribution in [0.3, 0.4) is 0 Å². The molecule has 0 aliphatic heterocycles. The van der Waals surface area contributed by atoms with Crippen molar-refractivity contribution in [1.82, 2.24) is 0 Å². The van der Waals surface area contributed by atoms with Crippen LogP contribution in [0.5, 0.6) is 0 Å². The monoisotopic (exact) mass is 250 g/mol. The van der Waals surface area contributed by atoms with E-state index in [0.717, 1.165) is 19.1 Å². The van der Waals surface area contributed by atoms with Crippen LogP contribution in [0.25, 0.3) is 0 Å². The maximum atomic E-state index is 12.6. The molecule has 1 unspecified atom stereocenters. The zero-order valence-corrected chi connectivity index (χ0v) is 8.65. The molecule has 17 heavy (non-hydrogen) atoms. The molecule has 0 aliphatic carbocycles. The van der Waals surface area contributed by atoms with Crippen molar-refractivity contribution in [2.45, 2.75) is 19.3 Å². The first-order chi connectivity index (χ1) is 7.73. The van der Waals surface area contributed by atoms with Gasteiger partial charge in [0, 0.05) is 6.07 Å². The van der Waals surface area contributed by atoms with Gasteiger partial charge >= 0.3 is 6.18 Å². The van der Waals surface area contributed by atoms with Gasteiger partial charge in [-0.1, -0.05) is 6.07 Å². The van der Waals surface area contributed by atoms with Gasteiger partial charge in [0.25, 0.3) is 5.69 Å². The lowest BCUT2D eigenvalue weighted by atomic mass is 10.1. The molecule has 1 atom stereocenters. The van der Waals surface area contributed by atoms with Gasteiger partial charge in [0.2, 0.25) is 0 Å². The molecule has 1 aromatic carbocycles. The van der Waals surface area contributed by atoms with E-state index in [4.69, 9.17) is 5.11 Å². The maximum Gasteiger partial charge on any atom is 0.418 e. The summed E-state index contributed by atoms with van der Waals surface area (Å²) in [6.45, 7) is 1.16. The van der Waals surface area contributed by atoms with E-state index >= 15 is 0 Å². The van der Waals surface area contributed by atoms with Crippen LogP contribution in [0.4, 0.5) is 24.5 Å². The van der Waals surface area contributed by atoms with Crippen LogP contribution in [-0.4, -0.2) is 16.3 Å². The van der Waals surface area contributed by atoms with Crippen LogP contribution in [-0.2, 0) is 6.18 Å². The number of hydrogen-bond donors (Lipinski definition) is 2. The van der Waals surface area contributed by atoms with Gasteiger partial charge in [-0.3, -0.25) is 10.1 Å². The molecule has 2 N–H and O–H groups in total. The minimum absolute atomic E-state index is 0.706. The SMILES string of the molecule is CC(O)Nc1c([N+](=O)[O-])cccc1C(F)(F)F. The summed E-state index contributed by atoms with van der Waals surface area (Å²) in [5.74, 6) is 0. The number of halogens is 3. The standard InChI is InChI=1S/C9H9F3N2O3/c1-5(15)13-8-6(9(10,11)12)3-2-4-7(8)14(16)17/h2-5,13,15H,1H3. The number of alkyl halides is 3. The molecule has 0 bridgehead atoms. The third kappa shape index (κ3) is 3.06. The molecule has 0 aromatic heterocycles. The Morgan fingerprint density at radius 3 is 2.47 bits per heavy atom. The summed E-state index contributed by atoms with van der Waals surface area (Å²) in [4.78, 5) is 9.65. The van der Waals surface area contributed by atoms with Crippen molar-refractivity contribution in [1.29, 1.82) is 0 Å². The van der Waals surface area contributed by atoms with E-state index in [1.165, 1.54) is 0 Å². The summed E-state index contributed by atoms with van der Waals surface area (Å²) in [6.07, 6.45) is -6.07. The number of anilines is 1. The lowest BCUT2D eigenvalue weighted by Crippen LogP contribution is -2.19. The smallest absolute Gasteiger partial charge is 0.374 e. The Bertz CT molecular complexity index is 432. The van der Waals surface area contributed by atoms with Crippen molar-refractivity contribution in [2.75, 3.05) is 5.32 Å². The van der Waals surface area contributed by atoms with Crippen molar-refractivity contribution in [3.63, 3.8) is 0 Å². The van der Waals surface area contributed by atoms with Crippen molar-refractivity contribution in [2.24, 2.45) is 0 Å². The Morgan fingerprint density at radius 2 is 2.06 bits per heavy atom. The summed E-state index contributed by atoms with van der Waals surface area (Å²) in [6, 6.07) is 2.58. The highest BCUT2D eigenvalue weighted by Gasteiger charge is 2.37. The van der Waals surface area contributed by atoms with Crippen LogP contribution < -0.4 is 5.32 Å². The Hall–Kier alpha value is -1.83. The fourth-order valence-corrected chi connectivity index (χ4v) is 1.29. The normalized spacial score (nSPS) is 13.2. The third-order valence-corrected chi connectivity index (χ3v) is 1.90. The minimum atomic E-state index is -4.73. The van der Waals surface area contributed by atoms with E-state index in [0.29, 0.717) is 6.07 Å². The minimum Gasteiger partial charge on any atom is -0.374 e. The Morgan fingerprint density at radius 1 is 1.47 bits per heavy atom. The third-order valence-electron chi connectivity index (χ3n) is 1.90. The molecule has 0 heterocycles. The highest BCUT2D eigenvalue weighted by molar-refractivity contribution is 5.67. The molecule has 5 nitrogen and oxygen atoms in total. The lowest BCUT2D eigenvalue weighted by Gasteiger charge is -2.15. The zero-order valence-electron chi connectivity index (χ0n) is 8.65.